The van der Waals surface area contributed by atoms with Gasteiger partial charge in [-0.1, -0.05) is 5.21 Å². The van der Waals surface area contributed by atoms with E-state index < -0.39 is 35.2 Å². The van der Waals surface area contributed by atoms with Crippen LogP contribution in [0.1, 0.15) is 60.3 Å². The van der Waals surface area contributed by atoms with E-state index in [1.54, 1.807) is 22.4 Å². The van der Waals surface area contributed by atoms with E-state index in [4.69, 9.17) is 0 Å². The summed E-state index contributed by atoms with van der Waals surface area (Å²) in [5, 5.41) is 12.7. The zero-order valence-corrected chi connectivity index (χ0v) is 16.9. The van der Waals surface area contributed by atoms with Crippen molar-refractivity contribution < 1.29 is 22.4 Å². The number of halogens is 4. The number of carbonyl (C=O) groups excluding carboxylic acids is 1. The zero-order valence-electron chi connectivity index (χ0n) is 16.9. The molecule has 1 amide bonds. The summed E-state index contributed by atoms with van der Waals surface area (Å²) in [7, 11) is 0. The van der Waals surface area contributed by atoms with Crippen molar-refractivity contribution in [2.45, 2.75) is 45.5 Å². The number of amides is 1. The summed E-state index contributed by atoms with van der Waals surface area (Å²) in [6, 6.07) is 1.83. The van der Waals surface area contributed by atoms with Crippen LogP contribution in [0.15, 0.2) is 24.5 Å². The van der Waals surface area contributed by atoms with Gasteiger partial charge in [0.2, 0.25) is 0 Å². The second-order valence-electron chi connectivity index (χ2n) is 7.52. The van der Waals surface area contributed by atoms with E-state index in [1.807, 2.05) is 20.0 Å². The fourth-order valence-electron chi connectivity index (χ4n) is 3.58. The van der Waals surface area contributed by atoms with Crippen LogP contribution in [0, 0.1) is 5.82 Å². The molecule has 4 rings (SSSR count). The first-order valence-electron chi connectivity index (χ1n) is 9.62. The van der Waals surface area contributed by atoms with Crippen molar-refractivity contribution in [2.24, 2.45) is 0 Å². The highest BCUT2D eigenvalue weighted by molar-refractivity contribution is 5.93. The molecule has 12 heteroatoms. The summed E-state index contributed by atoms with van der Waals surface area (Å²) in [6.07, 6.45) is -2.00. The van der Waals surface area contributed by atoms with Gasteiger partial charge in [0, 0.05) is 37.5 Å². The van der Waals surface area contributed by atoms with Crippen molar-refractivity contribution in [3.05, 3.63) is 53.0 Å². The number of hydrogen-bond donors (Lipinski definition) is 0. The minimum atomic E-state index is -4.93. The van der Waals surface area contributed by atoms with Gasteiger partial charge in [-0.05, 0) is 26.8 Å². The average molecular weight is 437 g/mol. The van der Waals surface area contributed by atoms with Crippen LogP contribution in [-0.4, -0.2) is 47.1 Å². The Morgan fingerprint density at radius 1 is 1.26 bits per heavy atom. The van der Waals surface area contributed by atoms with Crippen LogP contribution in [0.2, 0.25) is 0 Å². The second-order valence-corrected chi connectivity index (χ2v) is 7.52. The van der Waals surface area contributed by atoms with E-state index in [0.29, 0.717) is 24.0 Å². The Hall–Kier alpha value is -3.31. The Labute approximate surface area is 174 Å². The molecule has 0 unspecified atom stereocenters. The molecule has 1 atom stereocenters. The van der Waals surface area contributed by atoms with Gasteiger partial charge in [-0.15, -0.1) is 5.10 Å². The molecular formula is C19H19F4N7O. The molecule has 0 radical (unpaired) electrons. The molecule has 0 fully saturated rings. The molecule has 0 spiro atoms. The first-order chi connectivity index (χ1) is 14.6. The highest BCUT2D eigenvalue weighted by Crippen LogP contribution is 2.34. The molecule has 0 saturated carbocycles. The molecule has 4 heterocycles. The molecule has 8 nitrogen and oxygen atoms in total. The molecule has 0 bridgehead atoms. The van der Waals surface area contributed by atoms with Crippen molar-refractivity contribution in [3.8, 4) is 5.82 Å². The first kappa shape index (κ1) is 20.9. The molecule has 0 aliphatic carbocycles. The lowest BCUT2D eigenvalue weighted by Gasteiger charge is -2.32. The Morgan fingerprint density at radius 3 is 2.65 bits per heavy atom. The third-order valence-corrected chi connectivity index (χ3v) is 5.24. The van der Waals surface area contributed by atoms with Crippen LogP contribution >= 0.6 is 0 Å². The molecule has 31 heavy (non-hydrogen) atoms. The molecule has 164 valence electrons. The number of alkyl halides is 3. The van der Waals surface area contributed by atoms with Gasteiger partial charge in [0.15, 0.2) is 17.3 Å². The van der Waals surface area contributed by atoms with Crippen LogP contribution in [-0.2, 0) is 12.6 Å². The standard InChI is InChI=1S/C19H19F4N7O/c1-10(2)29-9-6-14(26-29)30-13-5-8-28(11(3)16(13)25-27-30)18(31)17-15(20)12(4-7-24-17)19(21,22)23/h4,6-7,9-11H,5,8H2,1-3H3/t11-/m0/s1. The Kier molecular flexibility index (Phi) is 5.02. The number of pyridine rings is 1. The lowest BCUT2D eigenvalue weighted by Crippen LogP contribution is -2.40. The van der Waals surface area contributed by atoms with E-state index in [-0.39, 0.29) is 12.6 Å². The topological polar surface area (TPSA) is 81.7 Å². The fourth-order valence-corrected chi connectivity index (χ4v) is 3.58. The van der Waals surface area contributed by atoms with Crippen molar-refractivity contribution in [1.82, 2.24) is 34.7 Å². The van der Waals surface area contributed by atoms with E-state index in [0.717, 1.165) is 11.9 Å². The van der Waals surface area contributed by atoms with Crippen LogP contribution in [0.3, 0.4) is 0 Å². The van der Waals surface area contributed by atoms with E-state index in [9.17, 15) is 22.4 Å². The van der Waals surface area contributed by atoms with E-state index in [1.165, 1.54) is 4.90 Å². The van der Waals surface area contributed by atoms with Crippen molar-refractivity contribution in [3.63, 3.8) is 0 Å². The van der Waals surface area contributed by atoms with Gasteiger partial charge in [-0.25, -0.2) is 9.37 Å². The Morgan fingerprint density at radius 2 is 2.00 bits per heavy atom. The molecule has 0 N–H and O–H groups in total. The van der Waals surface area contributed by atoms with Gasteiger partial charge < -0.3 is 4.90 Å². The molecule has 3 aromatic rings. The van der Waals surface area contributed by atoms with Gasteiger partial charge in [-0.2, -0.15) is 23.0 Å². The Balaban J connectivity index is 1.64. The summed E-state index contributed by atoms with van der Waals surface area (Å²) in [5.41, 5.74) is -1.18. The molecule has 0 aromatic carbocycles. The number of rotatable bonds is 3. The number of aromatic nitrogens is 6. The quantitative estimate of drug-likeness (QED) is 0.587. The predicted molar refractivity (Wildman–Crippen MR) is 99.9 cm³/mol. The van der Waals surface area contributed by atoms with Crippen molar-refractivity contribution in [1.29, 1.82) is 0 Å². The average Bonchev–Trinajstić information content (AvgIpc) is 3.34. The van der Waals surface area contributed by atoms with Gasteiger partial charge in [-0.3, -0.25) is 9.48 Å². The summed E-state index contributed by atoms with van der Waals surface area (Å²) in [4.78, 5) is 17.7. The van der Waals surface area contributed by atoms with Gasteiger partial charge in [0.25, 0.3) is 5.91 Å². The van der Waals surface area contributed by atoms with Crippen LogP contribution < -0.4 is 0 Å². The van der Waals surface area contributed by atoms with E-state index >= 15 is 0 Å². The summed E-state index contributed by atoms with van der Waals surface area (Å²) >= 11 is 0. The molecule has 3 aromatic heterocycles. The second kappa shape index (κ2) is 7.43. The summed E-state index contributed by atoms with van der Waals surface area (Å²) < 4.78 is 56.8. The normalized spacial score (nSPS) is 16.6. The number of fused-ring (bicyclic) bond motifs is 1. The van der Waals surface area contributed by atoms with Crippen LogP contribution in [0.5, 0.6) is 0 Å². The van der Waals surface area contributed by atoms with Crippen LogP contribution in [0.25, 0.3) is 5.82 Å². The SMILES string of the molecule is CC(C)n1ccc(-n2nnc3c2CCN(C(=O)c2nccc(C(F)(F)F)c2F)[C@H]3C)n1. The first-order valence-corrected chi connectivity index (χ1v) is 9.62. The molecule has 1 aliphatic rings. The molecule has 1 aliphatic heterocycles. The monoisotopic (exact) mass is 437 g/mol. The van der Waals surface area contributed by atoms with Gasteiger partial charge in [0.1, 0.15) is 5.69 Å². The maximum absolute atomic E-state index is 14.4. The minimum Gasteiger partial charge on any atom is -0.328 e. The summed E-state index contributed by atoms with van der Waals surface area (Å²) in [6.45, 7) is 5.77. The maximum atomic E-state index is 14.4. The third kappa shape index (κ3) is 3.55. The zero-order chi connectivity index (χ0) is 22.5. The number of hydrogen-bond acceptors (Lipinski definition) is 5. The predicted octanol–water partition coefficient (Wildman–Crippen LogP) is 3.36. The van der Waals surface area contributed by atoms with Crippen molar-refractivity contribution >= 4 is 5.91 Å². The van der Waals surface area contributed by atoms with Crippen LogP contribution in [0.4, 0.5) is 17.6 Å². The highest BCUT2D eigenvalue weighted by Gasteiger charge is 2.39. The number of carbonyl (C=O) groups is 1. The smallest absolute Gasteiger partial charge is 0.328 e. The molecular weight excluding hydrogens is 418 g/mol. The highest BCUT2D eigenvalue weighted by atomic mass is 19.4. The van der Waals surface area contributed by atoms with Crippen molar-refractivity contribution in [2.75, 3.05) is 6.54 Å². The largest absolute Gasteiger partial charge is 0.419 e. The van der Waals surface area contributed by atoms with Gasteiger partial charge >= 0.3 is 6.18 Å². The fraction of sp³-hybridized carbons (Fsp3) is 0.421. The maximum Gasteiger partial charge on any atom is 0.419 e. The minimum absolute atomic E-state index is 0.141. The van der Waals surface area contributed by atoms with E-state index in [2.05, 4.69) is 20.4 Å². The lowest BCUT2D eigenvalue weighted by atomic mass is 10.0. The third-order valence-electron chi connectivity index (χ3n) is 5.24. The van der Waals surface area contributed by atoms with Gasteiger partial charge in [0.05, 0.1) is 17.3 Å². The summed E-state index contributed by atoms with van der Waals surface area (Å²) in [5.74, 6) is -2.04. The Bertz CT molecular complexity index is 1130. The number of nitrogens with zero attached hydrogens (tertiary/aromatic N) is 7. The molecule has 0 saturated heterocycles. The lowest BCUT2D eigenvalue weighted by molar-refractivity contribution is -0.140.